The Labute approximate surface area is 83.1 Å². The van der Waals surface area contributed by atoms with Crippen LogP contribution in [-0.4, -0.2) is 0 Å². The second-order valence-electron chi connectivity index (χ2n) is 3.11. The van der Waals surface area contributed by atoms with Gasteiger partial charge in [0.05, 0.1) is 5.57 Å². The lowest BCUT2D eigenvalue weighted by Crippen LogP contribution is -1.83. The first-order valence-electron chi connectivity index (χ1n) is 4.50. The number of halogens is 1. The number of hydrogen-bond donors (Lipinski definition) is 0. The molecule has 2 rings (SSSR count). The Morgan fingerprint density at radius 3 is 2.86 bits per heavy atom. The van der Waals surface area contributed by atoms with Gasteiger partial charge in [0.15, 0.2) is 0 Å². The molecule has 14 heavy (non-hydrogen) atoms. The fraction of sp³-hybridized carbons (Fsp3) is 0. The van der Waals surface area contributed by atoms with Crippen molar-refractivity contribution in [1.29, 1.82) is 0 Å². The van der Waals surface area contributed by atoms with E-state index in [9.17, 15) is 4.39 Å². The van der Waals surface area contributed by atoms with Crippen molar-refractivity contribution in [3.05, 3.63) is 71.9 Å². The average molecular weight is 185 g/mol. The molecule has 0 amide bonds. The van der Waals surface area contributed by atoms with Crippen LogP contribution in [0.3, 0.4) is 0 Å². The minimum absolute atomic E-state index is 0.199. The Kier molecular flexibility index (Phi) is 2.50. The lowest BCUT2D eigenvalue weighted by atomic mass is 10.0. The molecule has 0 atom stereocenters. The summed E-state index contributed by atoms with van der Waals surface area (Å²) in [4.78, 5) is 0. The molecule has 0 aromatic heterocycles. The Bertz CT molecular complexity index is 411. The summed E-state index contributed by atoms with van der Waals surface area (Å²) in [5, 5.41) is 0. The zero-order valence-corrected chi connectivity index (χ0v) is 7.65. The van der Waals surface area contributed by atoms with E-state index < -0.39 is 0 Å². The predicted molar refractivity (Wildman–Crippen MR) is 57.0 cm³/mol. The van der Waals surface area contributed by atoms with Crippen LogP contribution in [0.1, 0.15) is 5.56 Å². The summed E-state index contributed by atoms with van der Waals surface area (Å²) in [6.07, 6.45) is 11.8. The average Bonchev–Trinajstić information content (AvgIpc) is 2.19. The third-order valence-corrected chi connectivity index (χ3v) is 1.98. The van der Waals surface area contributed by atoms with Gasteiger partial charge < -0.3 is 0 Å². The van der Waals surface area contributed by atoms with Crippen molar-refractivity contribution < 1.29 is 4.39 Å². The standard InChI is InChI=1S/C13H10F/c14-13-8-4-7-12(10-13)9-11-5-2-1-3-6-11/h1-10H/q+1. The number of allylic oxidation sites excluding steroid dienone is 5. The molecule has 0 fully saturated rings. The maximum atomic E-state index is 12.8. The van der Waals surface area contributed by atoms with Crippen LogP contribution in [0, 0.1) is 12.2 Å². The highest BCUT2D eigenvalue weighted by Crippen LogP contribution is 2.14. The largest absolute Gasteiger partial charge is 0.207 e. The lowest BCUT2D eigenvalue weighted by Gasteiger charge is -1.95. The second kappa shape index (κ2) is 3.97. The van der Waals surface area contributed by atoms with Crippen molar-refractivity contribution >= 4 is 6.08 Å². The van der Waals surface area contributed by atoms with Crippen LogP contribution in [-0.2, 0) is 0 Å². The van der Waals surface area contributed by atoms with Crippen molar-refractivity contribution in [2.24, 2.45) is 0 Å². The van der Waals surface area contributed by atoms with E-state index in [1.807, 2.05) is 42.9 Å². The summed E-state index contributed by atoms with van der Waals surface area (Å²) >= 11 is 0. The van der Waals surface area contributed by atoms with Gasteiger partial charge in [-0.15, -0.1) is 0 Å². The molecule has 1 aliphatic carbocycles. The topological polar surface area (TPSA) is 0 Å². The van der Waals surface area contributed by atoms with Gasteiger partial charge in [-0.1, -0.05) is 6.07 Å². The van der Waals surface area contributed by atoms with Gasteiger partial charge in [0.1, 0.15) is 5.82 Å². The molecule has 0 unspecified atom stereocenters. The lowest BCUT2D eigenvalue weighted by molar-refractivity contribution is 0.627. The fourth-order valence-electron chi connectivity index (χ4n) is 1.34. The summed E-state index contributed by atoms with van der Waals surface area (Å²) in [6, 6.07) is 6.56. The zero-order chi connectivity index (χ0) is 9.80. The molecule has 0 N–H and O–H groups in total. The van der Waals surface area contributed by atoms with Gasteiger partial charge in [0.25, 0.3) is 0 Å². The first-order chi connectivity index (χ1) is 6.84. The van der Waals surface area contributed by atoms with Gasteiger partial charge in [-0.05, 0) is 18.2 Å². The van der Waals surface area contributed by atoms with Crippen LogP contribution >= 0.6 is 0 Å². The van der Waals surface area contributed by atoms with Crippen molar-refractivity contribution in [1.82, 2.24) is 0 Å². The first-order valence-corrected chi connectivity index (χ1v) is 4.50. The molecule has 0 bridgehead atoms. The quantitative estimate of drug-likeness (QED) is 0.587. The maximum absolute atomic E-state index is 12.8. The minimum Gasteiger partial charge on any atom is -0.207 e. The molecular formula is C13H10F+. The maximum Gasteiger partial charge on any atom is 0.124 e. The van der Waals surface area contributed by atoms with Gasteiger partial charge in [-0.2, -0.15) is 0 Å². The van der Waals surface area contributed by atoms with Gasteiger partial charge in [0.2, 0.25) is 0 Å². The summed E-state index contributed by atoms with van der Waals surface area (Å²) in [7, 11) is 0. The van der Waals surface area contributed by atoms with E-state index >= 15 is 0 Å². The van der Waals surface area contributed by atoms with Crippen molar-refractivity contribution in [2.45, 2.75) is 0 Å². The molecule has 0 heterocycles. The molecule has 0 aliphatic heterocycles. The van der Waals surface area contributed by atoms with Gasteiger partial charge in [-0.3, -0.25) is 0 Å². The van der Waals surface area contributed by atoms with E-state index in [4.69, 9.17) is 0 Å². The number of hydrogen-bond acceptors (Lipinski definition) is 0. The normalized spacial score (nSPS) is 17.1. The summed E-state index contributed by atoms with van der Waals surface area (Å²) in [5.74, 6) is -0.199. The highest BCUT2D eigenvalue weighted by atomic mass is 19.1. The molecule has 0 spiro atoms. The Morgan fingerprint density at radius 2 is 2.14 bits per heavy atom. The third kappa shape index (κ3) is 2.13. The Balaban J connectivity index is 2.25. The highest BCUT2D eigenvalue weighted by Gasteiger charge is 2.02. The smallest absolute Gasteiger partial charge is 0.124 e. The van der Waals surface area contributed by atoms with E-state index in [-0.39, 0.29) is 5.82 Å². The molecular weight excluding hydrogens is 175 g/mol. The third-order valence-electron chi connectivity index (χ3n) is 1.98. The van der Waals surface area contributed by atoms with Crippen molar-refractivity contribution in [3.8, 4) is 0 Å². The van der Waals surface area contributed by atoms with Crippen molar-refractivity contribution in [2.75, 3.05) is 0 Å². The van der Waals surface area contributed by atoms with E-state index in [1.54, 1.807) is 6.07 Å². The SMILES string of the molecule is Fc1cccc(/C=C2\C=CC=C[CH+]2)c1. The molecule has 0 nitrogen and oxygen atoms in total. The minimum atomic E-state index is -0.199. The molecule has 1 aromatic carbocycles. The molecule has 1 aromatic rings. The monoisotopic (exact) mass is 185 g/mol. The Hall–Kier alpha value is -1.76. The van der Waals surface area contributed by atoms with Crippen molar-refractivity contribution in [3.63, 3.8) is 0 Å². The van der Waals surface area contributed by atoms with Gasteiger partial charge in [-0.25, -0.2) is 4.39 Å². The summed E-state index contributed by atoms with van der Waals surface area (Å²) in [6.45, 7) is 0. The van der Waals surface area contributed by atoms with Crippen LogP contribution in [0.2, 0.25) is 0 Å². The second-order valence-corrected chi connectivity index (χ2v) is 3.11. The van der Waals surface area contributed by atoms with E-state index in [0.717, 1.165) is 11.1 Å². The fourth-order valence-corrected chi connectivity index (χ4v) is 1.34. The van der Waals surface area contributed by atoms with Gasteiger partial charge >= 0.3 is 0 Å². The van der Waals surface area contributed by atoms with Crippen LogP contribution < -0.4 is 0 Å². The summed E-state index contributed by atoms with van der Waals surface area (Å²) in [5.41, 5.74) is 1.97. The van der Waals surface area contributed by atoms with Crippen LogP contribution in [0.4, 0.5) is 4.39 Å². The van der Waals surface area contributed by atoms with Crippen LogP contribution in [0.25, 0.3) is 6.08 Å². The molecule has 1 heteroatoms. The molecule has 1 aliphatic rings. The van der Waals surface area contributed by atoms with E-state index in [2.05, 4.69) is 0 Å². The van der Waals surface area contributed by atoms with Gasteiger partial charge in [0, 0.05) is 42.4 Å². The molecule has 0 radical (unpaired) electrons. The summed E-state index contributed by atoms with van der Waals surface area (Å²) < 4.78 is 12.8. The zero-order valence-electron chi connectivity index (χ0n) is 7.65. The molecule has 0 saturated heterocycles. The van der Waals surface area contributed by atoms with E-state index in [0.29, 0.717) is 0 Å². The Morgan fingerprint density at radius 1 is 1.21 bits per heavy atom. The molecule has 0 saturated carbocycles. The number of benzene rings is 1. The number of rotatable bonds is 1. The highest BCUT2D eigenvalue weighted by molar-refractivity contribution is 5.60. The molecule has 68 valence electrons. The van der Waals surface area contributed by atoms with E-state index in [1.165, 1.54) is 12.1 Å². The van der Waals surface area contributed by atoms with Crippen LogP contribution in [0.5, 0.6) is 0 Å². The van der Waals surface area contributed by atoms with Crippen LogP contribution in [0.15, 0.2) is 54.1 Å². The predicted octanol–water partition coefficient (Wildman–Crippen LogP) is 3.54. The first kappa shape index (κ1) is 8.82.